The van der Waals surface area contributed by atoms with Crippen molar-refractivity contribution in [2.75, 3.05) is 6.61 Å². The van der Waals surface area contributed by atoms with Crippen molar-refractivity contribution in [3.63, 3.8) is 0 Å². The first-order valence-corrected chi connectivity index (χ1v) is 11.3. The molecule has 2 nitrogen and oxygen atoms in total. The van der Waals surface area contributed by atoms with E-state index in [1.807, 2.05) is 0 Å². The normalized spacial score (nSPS) is 21.8. The van der Waals surface area contributed by atoms with E-state index < -0.39 is 8.68 Å². The third-order valence-electron chi connectivity index (χ3n) is 4.59. The van der Waals surface area contributed by atoms with E-state index in [4.69, 9.17) is 0 Å². The number of rotatable bonds is 2. The van der Waals surface area contributed by atoms with Crippen molar-refractivity contribution < 1.29 is 9.57 Å². The van der Waals surface area contributed by atoms with E-state index >= 15 is 0 Å². The molecule has 0 spiro atoms. The fourth-order valence-corrected chi connectivity index (χ4v) is 3.15. The highest BCUT2D eigenvalue weighted by molar-refractivity contribution is 6.38. The van der Waals surface area contributed by atoms with E-state index in [9.17, 15) is 9.57 Å². The Balaban J connectivity index is 0.000000593. The van der Waals surface area contributed by atoms with E-state index in [-0.39, 0.29) is 5.41 Å². The van der Waals surface area contributed by atoms with Gasteiger partial charge in [-0.1, -0.05) is 51.5 Å². The minimum atomic E-state index is -1.13. The molecule has 0 aromatic heterocycles. The van der Waals surface area contributed by atoms with Crippen molar-refractivity contribution in [1.29, 1.82) is 0 Å². The molecule has 2 atom stereocenters. The zero-order valence-corrected chi connectivity index (χ0v) is 16.6. The predicted octanol–water partition coefficient (Wildman–Crippen LogP) is 5.31. The molecule has 0 saturated heterocycles. The molecule has 1 aromatic carbocycles. The first kappa shape index (κ1) is 20.2. The highest BCUT2D eigenvalue weighted by Gasteiger charge is 2.20. The average molecular weight is 335 g/mol. The van der Waals surface area contributed by atoms with Crippen LogP contribution < -0.4 is 0 Å². The number of hydrogen-bond donors (Lipinski definition) is 1. The molecule has 1 aliphatic carbocycles. The number of aliphatic hydroxyl groups excluding tert-OH is 1. The van der Waals surface area contributed by atoms with Gasteiger partial charge in [-0.2, -0.15) is 0 Å². The average Bonchev–Trinajstić information content (AvgIpc) is 2.71. The predicted molar refractivity (Wildman–Crippen MR) is 99.7 cm³/mol. The second kappa shape index (κ2) is 9.48. The lowest BCUT2D eigenvalue weighted by Crippen LogP contribution is -2.11. The van der Waals surface area contributed by atoms with E-state index in [1.165, 1.54) is 43.2 Å². The van der Waals surface area contributed by atoms with Crippen LogP contribution in [0.25, 0.3) is 0 Å². The summed E-state index contributed by atoms with van der Waals surface area (Å²) in [5.41, 5.74) is 3.15. The van der Waals surface area contributed by atoms with Gasteiger partial charge >= 0.3 is 0 Å². The SMILES string of the molecule is CC(C)(C)c1ccc(C2CCCC(CO)CC2)cc1.C[Si](C)=O. The zero-order chi connectivity index (χ0) is 17.5. The fourth-order valence-electron chi connectivity index (χ4n) is 3.15. The van der Waals surface area contributed by atoms with Crippen LogP contribution in [0.5, 0.6) is 0 Å². The minimum Gasteiger partial charge on any atom is -0.396 e. The van der Waals surface area contributed by atoms with Crippen LogP contribution in [0.3, 0.4) is 0 Å². The maximum absolute atomic E-state index is 9.63. The minimum absolute atomic E-state index is 0.240. The van der Waals surface area contributed by atoms with Gasteiger partial charge < -0.3 is 9.57 Å². The molecule has 2 rings (SSSR count). The molecule has 0 heterocycles. The highest BCUT2D eigenvalue weighted by Crippen LogP contribution is 2.34. The summed E-state index contributed by atoms with van der Waals surface area (Å²) < 4.78 is 9.63. The van der Waals surface area contributed by atoms with Crippen LogP contribution >= 0.6 is 0 Å². The number of aliphatic hydroxyl groups is 1. The van der Waals surface area contributed by atoms with Gasteiger partial charge in [-0.25, -0.2) is 0 Å². The van der Waals surface area contributed by atoms with Gasteiger partial charge in [0.05, 0.1) is 0 Å². The van der Waals surface area contributed by atoms with Crippen molar-refractivity contribution in [3.8, 4) is 0 Å². The van der Waals surface area contributed by atoms with Crippen LogP contribution in [0.15, 0.2) is 24.3 Å². The maximum Gasteiger partial charge on any atom is 0.270 e. The van der Waals surface area contributed by atoms with E-state index in [0.29, 0.717) is 18.4 Å². The summed E-state index contributed by atoms with van der Waals surface area (Å²) >= 11 is 0. The summed E-state index contributed by atoms with van der Waals surface area (Å²) in [5, 5.41) is 9.30. The van der Waals surface area contributed by atoms with Gasteiger partial charge in [0.15, 0.2) is 0 Å². The summed E-state index contributed by atoms with van der Waals surface area (Å²) in [6.07, 6.45) is 6.16. The molecule has 1 aromatic rings. The third kappa shape index (κ3) is 7.54. The van der Waals surface area contributed by atoms with Crippen molar-refractivity contribution >= 4 is 8.68 Å². The Morgan fingerprint density at radius 2 is 1.61 bits per heavy atom. The molecule has 1 N–H and O–H groups in total. The second-order valence-corrected chi connectivity index (χ2v) is 9.85. The van der Waals surface area contributed by atoms with Crippen LogP contribution in [0.4, 0.5) is 0 Å². The monoisotopic (exact) mass is 334 g/mol. The number of hydrogen-bond acceptors (Lipinski definition) is 2. The molecule has 1 fully saturated rings. The summed E-state index contributed by atoms with van der Waals surface area (Å²) in [6, 6.07) is 9.24. The number of benzene rings is 1. The Bertz CT molecular complexity index is 469. The van der Waals surface area contributed by atoms with Crippen LogP contribution in [-0.4, -0.2) is 20.4 Å². The fraction of sp³-hybridized carbons (Fsp3) is 0.700. The third-order valence-corrected chi connectivity index (χ3v) is 4.59. The van der Waals surface area contributed by atoms with E-state index in [1.54, 1.807) is 13.1 Å². The van der Waals surface area contributed by atoms with Crippen LogP contribution in [0, 0.1) is 5.92 Å². The lowest BCUT2D eigenvalue weighted by Gasteiger charge is -2.21. The maximum atomic E-state index is 9.63. The van der Waals surface area contributed by atoms with E-state index in [0.717, 1.165) is 0 Å². The molecule has 130 valence electrons. The molecular formula is C20H34O2Si. The zero-order valence-electron chi connectivity index (χ0n) is 15.6. The Labute approximate surface area is 144 Å². The molecule has 1 aliphatic rings. The van der Waals surface area contributed by atoms with Crippen LogP contribution in [0.2, 0.25) is 13.1 Å². The first-order chi connectivity index (χ1) is 10.7. The van der Waals surface area contributed by atoms with Gasteiger partial charge in [-0.15, -0.1) is 0 Å². The Hall–Kier alpha value is -0.803. The van der Waals surface area contributed by atoms with Crippen molar-refractivity contribution in [1.82, 2.24) is 0 Å². The quantitative estimate of drug-likeness (QED) is 0.588. The molecule has 0 aliphatic heterocycles. The summed E-state index contributed by atoms with van der Waals surface area (Å²) in [4.78, 5) is 0. The standard InChI is InChI=1S/C18H28O.C2H6OSi/c1-18(2,3)17-11-9-16(10-12-17)15-6-4-5-14(13-19)7-8-15;1-4(2)3/h9-12,14-15,19H,4-8,13H2,1-3H3;1-2H3. The van der Waals surface area contributed by atoms with Gasteiger partial charge in [0.1, 0.15) is 0 Å². The van der Waals surface area contributed by atoms with Crippen molar-refractivity contribution in [3.05, 3.63) is 35.4 Å². The van der Waals surface area contributed by atoms with E-state index in [2.05, 4.69) is 45.0 Å². The first-order valence-electron chi connectivity index (χ1n) is 8.92. The molecule has 3 heteroatoms. The van der Waals surface area contributed by atoms with Crippen LogP contribution in [-0.2, 0) is 9.88 Å². The summed E-state index contributed by atoms with van der Waals surface area (Å²) in [5.74, 6) is 1.24. The Morgan fingerprint density at radius 3 is 2.09 bits per heavy atom. The topological polar surface area (TPSA) is 37.3 Å². The molecule has 0 amide bonds. The van der Waals surface area contributed by atoms with Crippen LogP contribution in [0.1, 0.15) is 69.9 Å². The Kier molecular flexibility index (Phi) is 8.35. The Morgan fingerprint density at radius 1 is 1.04 bits per heavy atom. The smallest absolute Gasteiger partial charge is 0.270 e. The molecule has 0 radical (unpaired) electrons. The molecule has 0 bridgehead atoms. The highest BCUT2D eigenvalue weighted by atomic mass is 28.2. The lowest BCUT2D eigenvalue weighted by atomic mass is 9.84. The van der Waals surface area contributed by atoms with Gasteiger partial charge in [0, 0.05) is 6.61 Å². The van der Waals surface area contributed by atoms with Gasteiger partial charge in [0.2, 0.25) is 0 Å². The summed E-state index contributed by atoms with van der Waals surface area (Å²) in [7, 11) is -1.13. The molecule has 1 saturated carbocycles. The van der Waals surface area contributed by atoms with Gasteiger partial charge in [0.25, 0.3) is 8.68 Å². The molecular weight excluding hydrogens is 300 g/mol. The van der Waals surface area contributed by atoms with Gasteiger partial charge in [-0.05, 0) is 67.2 Å². The summed E-state index contributed by atoms with van der Waals surface area (Å²) in [6.45, 7) is 10.6. The van der Waals surface area contributed by atoms with Crippen molar-refractivity contribution in [2.24, 2.45) is 5.92 Å². The van der Waals surface area contributed by atoms with Gasteiger partial charge in [-0.3, -0.25) is 0 Å². The molecule has 2 unspecified atom stereocenters. The second-order valence-electron chi connectivity index (χ2n) is 8.03. The van der Waals surface area contributed by atoms with Crippen molar-refractivity contribution in [2.45, 2.75) is 77.3 Å². The largest absolute Gasteiger partial charge is 0.396 e. The lowest BCUT2D eigenvalue weighted by molar-refractivity contribution is 0.212. The molecule has 23 heavy (non-hydrogen) atoms.